The average molecular weight is 241 g/mol. The highest BCUT2D eigenvalue weighted by Gasteiger charge is 2.13. The van der Waals surface area contributed by atoms with Gasteiger partial charge in [-0.2, -0.15) is 5.26 Å². The Morgan fingerprint density at radius 1 is 1.33 bits per heavy atom. The van der Waals surface area contributed by atoms with Crippen LogP contribution in [0.2, 0.25) is 0 Å². The molecule has 18 heavy (non-hydrogen) atoms. The first-order chi connectivity index (χ1) is 8.70. The zero-order chi connectivity index (χ0) is 13.0. The fourth-order valence-electron chi connectivity index (χ4n) is 1.80. The van der Waals surface area contributed by atoms with Crippen LogP contribution >= 0.6 is 0 Å². The van der Waals surface area contributed by atoms with Crippen molar-refractivity contribution in [3.63, 3.8) is 0 Å². The molecule has 0 aliphatic carbocycles. The molecule has 2 rings (SSSR count). The van der Waals surface area contributed by atoms with Crippen molar-refractivity contribution in [3.05, 3.63) is 53.7 Å². The van der Waals surface area contributed by atoms with Gasteiger partial charge in [0.1, 0.15) is 11.8 Å². The summed E-state index contributed by atoms with van der Waals surface area (Å²) in [5.74, 6) is 1.16. The quantitative estimate of drug-likeness (QED) is 0.825. The van der Waals surface area contributed by atoms with E-state index in [1.165, 1.54) is 5.56 Å². The maximum Gasteiger partial charge on any atom is 0.203 e. The lowest BCUT2D eigenvalue weighted by atomic mass is 10.1. The molecule has 0 fully saturated rings. The van der Waals surface area contributed by atoms with Gasteiger partial charge in [-0.1, -0.05) is 0 Å². The largest absolute Gasteiger partial charge is 0.449 e. The fraction of sp³-hybridized carbons (Fsp3) is 0.286. The summed E-state index contributed by atoms with van der Waals surface area (Å²) in [5.41, 5.74) is 1.21. The van der Waals surface area contributed by atoms with Gasteiger partial charge in [-0.3, -0.25) is 9.88 Å². The van der Waals surface area contributed by atoms with E-state index in [9.17, 15) is 0 Å². The number of pyridine rings is 1. The monoisotopic (exact) mass is 241 g/mol. The van der Waals surface area contributed by atoms with Crippen LogP contribution in [0.4, 0.5) is 0 Å². The van der Waals surface area contributed by atoms with Crippen LogP contribution < -0.4 is 0 Å². The van der Waals surface area contributed by atoms with Crippen LogP contribution in [0.3, 0.4) is 0 Å². The van der Waals surface area contributed by atoms with E-state index in [-0.39, 0.29) is 6.04 Å². The van der Waals surface area contributed by atoms with E-state index in [1.807, 2.05) is 31.3 Å². The van der Waals surface area contributed by atoms with Crippen molar-refractivity contribution >= 4 is 0 Å². The number of nitriles is 1. The minimum atomic E-state index is 0.267. The average Bonchev–Trinajstić information content (AvgIpc) is 2.86. The van der Waals surface area contributed by atoms with E-state index < -0.39 is 0 Å². The molecule has 2 aromatic rings. The van der Waals surface area contributed by atoms with Crippen LogP contribution in [0.5, 0.6) is 0 Å². The number of nitrogens with zero attached hydrogens (tertiary/aromatic N) is 3. The molecule has 0 aliphatic rings. The summed E-state index contributed by atoms with van der Waals surface area (Å²) < 4.78 is 5.37. The second-order valence-corrected chi connectivity index (χ2v) is 4.25. The van der Waals surface area contributed by atoms with Crippen LogP contribution in [0.15, 0.2) is 41.1 Å². The van der Waals surface area contributed by atoms with E-state index >= 15 is 0 Å². The molecular weight excluding hydrogens is 226 g/mol. The Hall–Kier alpha value is -2.12. The normalized spacial score (nSPS) is 12.3. The predicted octanol–water partition coefficient (Wildman–Crippen LogP) is 2.74. The maximum absolute atomic E-state index is 8.71. The van der Waals surface area contributed by atoms with Crippen LogP contribution in [0.25, 0.3) is 0 Å². The minimum absolute atomic E-state index is 0.267. The smallest absolute Gasteiger partial charge is 0.203 e. The summed E-state index contributed by atoms with van der Waals surface area (Å²) in [6.45, 7) is 2.80. The number of aromatic nitrogens is 1. The van der Waals surface area contributed by atoms with Crippen molar-refractivity contribution in [2.75, 3.05) is 7.05 Å². The minimum Gasteiger partial charge on any atom is -0.449 e. The summed E-state index contributed by atoms with van der Waals surface area (Å²) in [6, 6.07) is 9.80. The molecular formula is C14H15N3O. The molecule has 0 saturated heterocycles. The Kier molecular flexibility index (Phi) is 3.75. The van der Waals surface area contributed by atoms with Crippen molar-refractivity contribution in [1.82, 2.24) is 9.88 Å². The molecule has 1 atom stereocenters. The van der Waals surface area contributed by atoms with Crippen molar-refractivity contribution < 1.29 is 4.42 Å². The molecule has 4 heteroatoms. The van der Waals surface area contributed by atoms with Gasteiger partial charge in [-0.05, 0) is 43.8 Å². The summed E-state index contributed by atoms with van der Waals surface area (Å²) in [4.78, 5) is 6.17. The van der Waals surface area contributed by atoms with Gasteiger partial charge in [0.2, 0.25) is 5.76 Å². The van der Waals surface area contributed by atoms with Gasteiger partial charge in [0, 0.05) is 18.4 Å². The Morgan fingerprint density at radius 3 is 2.67 bits per heavy atom. The van der Waals surface area contributed by atoms with E-state index in [0.29, 0.717) is 12.3 Å². The van der Waals surface area contributed by atoms with Gasteiger partial charge in [0.15, 0.2) is 0 Å². The molecule has 0 spiro atoms. The van der Waals surface area contributed by atoms with Gasteiger partial charge in [-0.15, -0.1) is 0 Å². The second kappa shape index (κ2) is 5.48. The molecule has 0 saturated carbocycles. The number of hydrogen-bond donors (Lipinski definition) is 0. The first kappa shape index (κ1) is 12.3. The molecule has 1 unspecified atom stereocenters. The molecule has 0 amide bonds. The Bertz CT molecular complexity index is 542. The topological polar surface area (TPSA) is 53.1 Å². The highest BCUT2D eigenvalue weighted by Crippen LogP contribution is 2.20. The highest BCUT2D eigenvalue weighted by molar-refractivity contribution is 5.19. The summed E-state index contributed by atoms with van der Waals surface area (Å²) in [5, 5.41) is 8.71. The summed E-state index contributed by atoms with van der Waals surface area (Å²) >= 11 is 0. The van der Waals surface area contributed by atoms with E-state index in [0.717, 1.165) is 5.76 Å². The first-order valence-electron chi connectivity index (χ1n) is 5.79. The second-order valence-electron chi connectivity index (χ2n) is 4.25. The molecule has 2 aromatic heterocycles. The van der Waals surface area contributed by atoms with Gasteiger partial charge < -0.3 is 4.42 Å². The number of rotatable bonds is 4. The van der Waals surface area contributed by atoms with E-state index in [2.05, 4.69) is 16.8 Å². The van der Waals surface area contributed by atoms with Crippen molar-refractivity contribution in [3.8, 4) is 6.07 Å². The third kappa shape index (κ3) is 2.76. The molecule has 0 bridgehead atoms. The van der Waals surface area contributed by atoms with E-state index in [4.69, 9.17) is 9.68 Å². The van der Waals surface area contributed by atoms with Crippen LogP contribution in [0, 0.1) is 11.3 Å². The zero-order valence-electron chi connectivity index (χ0n) is 10.5. The first-order valence-corrected chi connectivity index (χ1v) is 5.79. The zero-order valence-corrected chi connectivity index (χ0v) is 10.5. The third-order valence-corrected chi connectivity index (χ3v) is 3.03. The van der Waals surface area contributed by atoms with Crippen LogP contribution in [-0.4, -0.2) is 16.9 Å². The Balaban J connectivity index is 2.04. The fourth-order valence-corrected chi connectivity index (χ4v) is 1.80. The molecule has 4 nitrogen and oxygen atoms in total. The number of hydrogen-bond acceptors (Lipinski definition) is 4. The molecule has 92 valence electrons. The Morgan fingerprint density at radius 2 is 2.06 bits per heavy atom. The molecule has 0 aliphatic heterocycles. The maximum atomic E-state index is 8.71. The van der Waals surface area contributed by atoms with Gasteiger partial charge in [0.05, 0.1) is 6.54 Å². The number of furan rings is 1. The lowest BCUT2D eigenvalue weighted by molar-refractivity contribution is 0.232. The predicted molar refractivity (Wildman–Crippen MR) is 67.5 cm³/mol. The lowest BCUT2D eigenvalue weighted by Gasteiger charge is -2.23. The Labute approximate surface area is 106 Å². The third-order valence-electron chi connectivity index (χ3n) is 3.03. The van der Waals surface area contributed by atoms with Crippen molar-refractivity contribution in [1.29, 1.82) is 5.26 Å². The van der Waals surface area contributed by atoms with Crippen LogP contribution in [0.1, 0.15) is 30.0 Å². The highest BCUT2D eigenvalue weighted by atomic mass is 16.3. The van der Waals surface area contributed by atoms with E-state index in [1.54, 1.807) is 18.5 Å². The standard InChI is InChI=1S/C14H15N3O/c1-11(12-5-7-16-8-6-12)17(2)10-14-4-3-13(9-15)18-14/h3-8,11H,10H2,1-2H3. The summed E-state index contributed by atoms with van der Waals surface area (Å²) in [6.07, 6.45) is 3.58. The van der Waals surface area contributed by atoms with Gasteiger partial charge in [-0.25, -0.2) is 0 Å². The molecule has 0 N–H and O–H groups in total. The molecule has 0 radical (unpaired) electrons. The molecule has 0 aromatic carbocycles. The van der Waals surface area contributed by atoms with Crippen molar-refractivity contribution in [2.45, 2.75) is 19.5 Å². The van der Waals surface area contributed by atoms with Gasteiger partial charge in [0.25, 0.3) is 0 Å². The van der Waals surface area contributed by atoms with Crippen molar-refractivity contribution in [2.24, 2.45) is 0 Å². The lowest BCUT2D eigenvalue weighted by Crippen LogP contribution is -2.21. The SMILES string of the molecule is CC(c1ccncc1)N(C)Cc1ccc(C#N)o1. The molecule has 2 heterocycles. The van der Waals surface area contributed by atoms with Gasteiger partial charge >= 0.3 is 0 Å². The van der Waals surface area contributed by atoms with Crippen LogP contribution in [-0.2, 0) is 6.54 Å². The summed E-state index contributed by atoms with van der Waals surface area (Å²) in [7, 11) is 2.03.